The molecule has 0 aliphatic heterocycles. The number of allylic oxidation sites excluding steroid dienone is 3. The van der Waals surface area contributed by atoms with Crippen molar-refractivity contribution in [3.05, 3.63) is 24.3 Å². The van der Waals surface area contributed by atoms with Crippen LogP contribution in [0.1, 0.15) is 34.6 Å². The highest BCUT2D eigenvalue weighted by Gasteiger charge is 2.11. The van der Waals surface area contributed by atoms with Crippen molar-refractivity contribution in [2.45, 2.75) is 34.6 Å². The molecular formula is C11H20. The van der Waals surface area contributed by atoms with Crippen LogP contribution in [0.5, 0.6) is 0 Å². The van der Waals surface area contributed by atoms with E-state index in [1.807, 2.05) is 0 Å². The summed E-state index contributed by atoms with van der Waals surface area (Å²) in [5, 5.41) is 0. The third-order valence-corrected chi connectivity index (χ3v) is 1.65. The summed E-state index contributed by atoms with van der Waals surface area (Å²) in [5.41, 5.74) is 1.41. The van der Waals surface area contributed by atoms with Gasteiger partial charge >= 0.3 is 0 Å². The first-order valence-corrected chi connectivity index (χ1v) is 4.21. The standard InChI is InChI=1S/C11H20/c1-9(2)7-8-10(3)11(4,5)6/h7-9H,3H2,1-2,4-6H3/b8-7-. The summed E-state index contributed by atoms with van der Waals surface area (Å²) in [5.74, 6) is 0.620. The SMILES string of the molecule is C=C(/C=C\C(C)C)C(C)(C)C. The van der Waals surface area contributed by atoms with Crippen molar-refractivity contribution in [3.63, 3.8) is 0 Å². The van der Waals surface area contributed by atoms with Gasteiger partial charge < -0.3 is 0 Å². The van der Waals surface area contributed by atoms with Crippen LogP contribution in [-0.4, -0.2) is 0 Å². The van der Waals surface area contributed by atoms with Crippen LogP contribution in [0, 0.1) is 11.3 Å². The predicted molar refractivity (Wildman–Crippen MR) is 52.6 cm³/mol. The second-order valence-corrected chi connectivity index (χ2v) is 4.38. The molecule has 0 radical (unpaired) electrons. The molecule has 0 aliphatic rings. The Morgan fingerprint density at radius 2 is 1.73 bits per heavy atom. The highest BCUT2D eigenvalue weighted by Crippen LogP contribution is 2.24. The van der Waals surface area contributed by atoms with Crippen LogP contribution in [0.3, 0.4) is 0 Å². The lowest BCUT2D eigenvalue weighted by molar-refractivity contribution is 0.518. The maximum Gasteiger partial charge on any atom is -0.0138 e. The maximum absolute atomic E-state index is 4.01. The van der Waals surface area contributed by atoms with Gasteiger partial charge in [-0.1, -0.05) is 58.9 Å². The van der Waals surface area contributed by atoms with Gasteiger partial charge in [-0.3, -0.25) is 0 Å². The molecule has 64 valence electrons. The van der Waals surface area contributed by atoms with Crippen LogP contribution in [0.15, 0.2) is 24.3 Å². The van der Waals surface area contributed by atoms with Crippen molar-refractivity contribution >= 4 is 0 Å². The van der Waals surface area contributed by atoms with Crippen LogP contribution in [0.2, 0.25) is 0 Å². The fraction of sp³-hybridized carbons (Fsp3) is 0.636. The Morgan fingerprint density at radius 3 is 2.00 bits per heavy atom. The lowest BCUT2D eigenvalue weighted by Crippen LogP contribution is -2.06. The first-order chi connectivity index (χ1) is 4.84. The minimum atomic E-state index is 0.214. The summed E-state index contributed by atoms with van der Waals surface area (Å²) in [6.07, 6.45) is 4.32. The van der Waals surface area contributed by atoms with Crippen LogP contribution in [0.4, 0.5) is 0 Å². The maximum atomic E-state index is 4.01. The summed E-state index contributed by atoms with van der Waals surface area (Å²) in [4.78, 5) is 0. The van der Waals surface area contributed by atoms with Crippen molar-refractivity contribution in [1.82, 2.24) is 0 Å². The molecular weight excluding hydrogens is 132 g/mol. The van der Waals surface area contributed by atoms with Crippen LogP contribution < -0.4 is 0 Å². The third-order valence-electron chi connectivity index (χ3n) is 1.65. The Hall–Kier alpha value is -0.520. The van der Waals surface area contributed by atoms with E-state index in [9.17, 15) is 0 Å². The quantitative estimate of drug-likeness (QED) is 0.528. The Labute approximate surface area is 71.0 Å². The van der Waals surface area contributed by atoms with Crippen molar-refractivity contribution < 1.29 is 0 Å². The average Bonchev–Trinajstić information content (AvgIpc) is 1.80. The molecule has 0 heterocycles. The minimum absolute atomic E-state index is 0.214. The topological polar surface area (TPSA) is 0 Å². The normalized spacial score (nSPS) is 12.9. The molecule has 0 saturated heterocycles. The van der Waals surface area contributed by atoms with Gasteiger partial charge in [0.1, 0.15) is 0 Å². The Kier molecular flexibility index (Phi) is 3.57. The van der Waals surface area contributed by atoms with Crippen LogP contribution in [-0.2, 0) is 0 Å². The summed E-state index contributed by atoms with van der Waals surface area (Å²) in [7, 11) is 0. The molecule has 0 heteroatoms. The smallest absolute Gasteiger partial charge is 0.0138 e. The molecule has 0 atom stereocenters. The van der Waals surface area contributed by atoms with E-state index < -0.39 is 0 Å². The molecule has 0 nitrogen and oxygen atoms in total. The van der Waals surface area contributed by atoms with Gasteiger partial charge in [0.25, 0.3) is 0 Å². The highest BCUT2D eigenvalue weighted by atomic mass is 14.2. The molecule has 0 aromatic heterocycles. The second-order valence-electron chi connectivity index (χ2n) is 4.38. The summed E-state index contributed by atoms with van der Waals surface area (Å²) in [6.45, 7) is 14.9. The van der Waals surface area contributed by atoms with Gasteiger partial charge in [-0.15, -0.1) is 0 Å². The fourth-order valence-electron chi connectivity index (χ4n) is 0.559. The number of hydrogen-bond donors (Lipinski definition) is 0. The minimum Gasteiger partial charge on any atom is -0.0953 e. The van der Waals surface area contributed by atoms with Gasteiger partial charge in [0, 0.05) is 0 Å². The van der Waals surface area contributed by atoms with Gasteiger partial charge in [0.15, 0.2) is 0 Å². The van der Waals surface area contributed by atoms with Gasteiger partial charge in [-0.05, 0) is 11.3 Å². The van der Waals surface area contributed by atoms with E-state index in [-0.39, 0.29) is 5.41 Å². The molecule has 0 rings (SSSR count). The summed E-state index contributed by atoms with van der Waals surface area (Å²) >= 11 is 0. The van der Waals surface area contributed by atoms with Gasteiger partial charge in [-0.2, -0.15) is 0 Å². The van der Waals surface area contributed by atoms with Crippen molar-refractivity contribution in [3.8, 4) is 0 Å². The zero-order valence-corrected chi connectivity index (χ0v) is 8.44. The lowest BCUT2D eigenvalue weighted by Gasteiger charge is -2.18. The summed E-state index contributed by atoms with van der Waals surface area (Å²) in [6, 6.07) is 0. The molecule has 0 aromatic rings. The summed E-state index contributed by atoms with van der Waals surface area (Å²) < 4.78 is 0. The average molecular weight is 152 g/mol. The largest absolute Gasteiger partial charge is 0.0953 e. The molecule has 0 N–H and O–H groups in total. The molecule has 0 aromatic carbocycles. The Balaban J connectivity index is 4.09. The van der Waals surface area contributed by atoms with E-state index in [1.165, 1.54) is 5.57 Å². The van der Waals surface area contributed by atoms with E-state index in [0.717, 1.165) is 0 Å². The number of rotatable bonds is 2. The van der Waals surface area contributed by atoms with Gasteiger partial charge in [0.2, 0.25) is 0 Å². The van der Waals surface area contributed by atoms with Crippen molar-refractivity contribution in [2.75, 3.05) is 0 Å². The third kappa shape index (κ3) is 4.83. The van der Waals surface area contributed by atoms with E-state index in [1.54, 1.807) is 0 Å². The van der Waals surface area contributed by atoms with E-state index >= 15 is 0 Å². The van der Waals surface area contributed by atoms with E-state index in [4.69, 9.17) is 0 Å². The zero-order chi connectivity index (χ0) is 9.07. The second kappa shape index (κ2) is 3.75. The monoisotopic (exact) mass is 152 g/mol. The van der Waals surface area contributed by atoms with E-state index in [2.05, 4.69) is 53.3 Å². The predicted octanol–water partition coefficient (Wildman–Crippen LogP) is 3.80. The number of hydrogen-bond acceptors (Lipinski definition) is 0. The van der Waals surface area contributed by atoms with Crippen molar-refractivity contribution in [1.29, 1.82) is 0 Å². The van der Waals surface area contributed by atoms with Crippen LogP contribution in [0.25, 0.3) is 0 Å². The first-order valence-electron chi connectivity index (χ1n) is 4.21. The Morgan fingerprint density at radius 1 is 1.27 bits per heavy atom. The first kappa shape index (κ1) is 10.5. The van der Waals surface area contributed by atoms with Crippen LogP contribution >= 0.6 is 0 Å². The lowest BCUT2D eigenvalue weighted by atomic mass is 9.87. The molecule has 0 saturated carbocycles. The molecule has 0 spiro atoms. The Bertz CT molecular complexity index is 153. The zero-order valence-electron chi connectivity index (χ0n) is 8.44. The fourth-order valence-corrected chi connectivity index (χ4v) is 0.559. The molecule has 0 aliphatic carbocycles. The van der Waals surface area contributed by atoms with Gasteiger partial charge in [-0.25, -0.2) is 0 Å². The van der Waals surface area contributed by atoms with Crippen molar-refractivity contribution in [2.24, 2.45) is 11.3 Å². The van der Waals surface area contributed by atoms with Gasteiger partial charge in [0.05, 0.1) is 0 Å². The molecule has 0 bridgehead atoms. The van der Waals surface area contributed by atoms with E-state index in [0.29, 0.717) is 5.92 Å². The molecule has 11 heavy (non-hydrogen) atoms. The molecule has 0 amide bonds. The highest BCUT2D eigenvalue weighted by molar-refractivity contribution is 5.21. The molecule has 0 fully saturated rings. The molecule has 0 unspecified atom stereocenters.